The fourth-order valence-electron chi connectivity index (χ4n) is 9.36. The van der Waals surface area contributed by atoms with Gasteiger partial charge in [-0.25, -0.2) is 4.98 Å². The normalized spacial score (nSPS) is 15.4. The second-order valence-electron chi connectivity index (χ2n) is 18.3. The molecule has 1 N–H and O–H groups in total. The van der Waals surface area contributed by atoms with Gasteiger partial charge in [-0.15, -0.1) is 0 Å². The molecule has 0 spiro atoms. The summed E-state index contributed by atoms with van der Waals surface area (Å²) in [5.41, 5.74) is 6.09. The molecule has 15 nitrogen and oxygen atoms in total. The number of benzene rings is 6. The van der Waals surface area contributed by atoms with E-state index in [9.17, 15) is 14.4 Å². The van der Waals surface area contributed by atoms with E-state index < -0.39 is 23.6 Å². The maximum atomic E-state index is 14.0. The number of anilines is 1. The van der Waals surface area contributed by atoms with E-state index in [2.05, 4.69) is 50.6 Å². The number of para-hydroxylation sites is 1. The van der Waals surface area contributed by atoms with Gasteiger partial charge < -0.3 is 38.0 Å². The topological polar surface area (TPSA) is 161 Å². The van der Waals surface area contributed by atoms with E-state index >= 15 is 0 Å². The SMILES string of the molecule is COc1cc(CC(=O)c2cc(=O)c3ccccc3o2)c(C(=O)Nc2ccc(CCN(Cc3cccc(OC[C@@H]4CO[C@@](Cn5ccnc5)(c5ccc(Cl)cc5Cl)O4)c3)Cc3ccc4c(cnn4C)c3)cc2)cc1OC. The molecule has 1 aliphatic rings. The van der Waals surface area contributed by atoms with Crippen molar-refractivity contribution in [3.05, 3.63) is 212 Å². The third kappa shape index (κ3) is 11.6. The molecular weight excluding hydrogens is 996 g/mol. The summed E-state index contributed by atoms with van der Waals surface area (Å²) in [7, 11) is 4.88. The first-order chi connectivity index (χ1) is 36.4. The third-order valence-electron chi connectivity index (χ3n) is 13.2. The molecule has 1 fully saturated rings. The van der Waals surface area contributed by atoms with E-state index in [1.807, 2.05) is 71.2 Å². The number of ether oxygens (including phenoxy) is 5. The first kappa shape index (κ1) is 50.7. The van der Waals surface area contributed by atoms with Gasteiger partial charge in [0.25, 0.3) is 5.91 Å². The highest BCUT2D eigenvalue weighted by molar-refractivity contribution is 6.35. The van der Waals surface area contributed by atoms with Crippen molar-refractivity contribution in [2.24, 2.45) is 7.05 Å². The van der Waals surface area contributed by atoms with Gasteiger partial charge in [0, 0.05) is 78.8 Å². The summed E-state index contributed by atoms with van der Waals surface area (Å²) in [6, 6.07) is 38.5. The van der Waals surface area contributed by atoms with Gasteiger partial charge in [-0.1, -0.05) is 71.7 Å². The van der Waals surface area contributed by atoms with Crippen LogP contribution in [0.15, 0.2) is 162 Å². The number of methoxy groups -OCH3 is 2. The van der Waals surface area contributed by atoms with Crippen LogP contribution in [0.3, 0.4) is 0 Å². The number of aryl methyl sites for hydroxylation is 1. The van der Waals surface area contributed by atoms with Crippen molar-refractivity contribution in [3.8, 4) is 17.2 Å². The second kappa shape index (κ2) is 22.4. The van der Waals surface area contributed by atoms with Gasteiger partial charge in [-0.3, -0.25) is 24.0 Å². The number of imidazole rings is 1. The van der Waals surface area contributed by atoms with E-state index in [0.717, 1.165) is 27.6 Å². The van der Waals surface area contributed by atoms with Gasteiger partial charge in [0.05, 0.1) is 55.8 Å². The maximum Gasteiger partial charge on any atom is 0.256 e. The number of ketones is 1. The maximum absolute atomic E-state index is 14.0. The Labute approximate surface area is 442 Å². The fraction of sp³-hybridized carbons (Fsp3) is 0.224. The Morgan fingerprint density at radius 3 is 2.44 bits per heavy atom. The van der Waals surface area contributed by atoms with Crippen LogP contribution in [-0.2, 0) is 54.8 Å². The Kier molecular flexibility index (Phi) is 15.1. The predicted octanol–water partition coefficient (Wildman–Crippen LogP) is 10.5. The Morgan fingerprint density at radius 2 is 1.65 bits per heavy atom. The Morgan fingerprint density at radius 1 is 0.867 bits per heavy atom. The van der Waals surface area contributed by atoms with Crippen LogP contribution >= 0.6 is 23.2 Å². The summed E-state index contributed by atoms with van der Waals surface area (Å²) in [6.45, 7) is 2.87. The third-order valence-corrected chi connectivity index (χ3v) is 13.7. The molecule has 10 rings (SSSR count). The van der Waals surface area contributed by atoms with Crippen LogP contribution in [0, 0.1) is 0 Å². The summed E-state index contributed by atoms with van der Waals surface area (Å²) in [5.74, 6) is -0.867. The number of nitrogens with zero attached hydrogens (tertiary/aromatic N) is 5. The lowest BCUT2D eigenvalue weighted by Gasteiger charge is -2.30. The summed E-state index contributed by atoms with van der Waals surface area (Å²) < 4.78 is 40.1. The highest BCUT2D eigenvalue weighted by Gasteiger charge is 2.45. The van der Waals surface area contributed by atoms with Crippen molar-refractivity contribution in [3.63, 3.8) is 0 Å². The molecule has 1 aliphatic heterocycles. The molecule has 75 heavy (non-hydrogen) atoms. The fourth-order valence-corrected chi connectivity index (χ4v) is 9.91. The molecule has 17 heteroatoms. The van der Waals surface area contributed by atoms with Crippen LogP contribution in [0.2, 0.25) is 10.0 Å². The number of halogens is 2. The van der Waals surface area contributed by atoms with E-state index in [1.54, 1.807) is 55.0 Å². The van der Waals surface area contributed by atoms with E-state index in [4.69, 9.17) is 51.3 Å². The molecule has 0 unspecified atom stereocenters. The zero-order valence-electron chi connectivity index (χ0n) is 41.3. The van der Waals surface area contributed by atoms with Crippen LogP contribution < -0.4 is 25.0 Å². The smallest absolute Gasteiger partial charge is 0.256 e. The minimum atomic E-state index is -1.17. The summed E-state index contributed by atoms with van der Waals surface area (Å²) in [4.78, 5) is 47.1. The first-order valence-corrected chi connectivity index (χ1v) is 25.0. The first-order valence-electron chi connectivity index (χ1n) is 24.2. The van der Waals surface area contributed by atoms with Crippen LogP contribution in [0.5, 0.6) is 17.2 Å². The molecule has 1 saturated heterocycles. The van der Waals surface area contributed by atoms with Crippen molar-refractivity contribution in [2.45, 2.75) is 44.4 Å². The quantitative estimate of drug-likeness (QED) is 0.0721. The monoisotopic (exact) mass is 1050 g/mol. The number of fused-ring (bicyclic) bond motifs is 2. The zero-order chi connectivity index (χ0) is 52.1. The predicted molar refractivity (Wildman–Crippen MR) is 286 cm³/mol. The number of nitrogens with one attached hydrogen (secondary N) is 1. The Hall–Kier alpha value is -7.79. The number of hydrogen-bond donors (Lipinski definition) is 1. The van der Waals surface area contributed by atoms with E-state index in [0.29, 0.717) is 87.7 Å². The van der Waals surface area contributed by atoms with Crippen molar-refractivity contribution >= 4 is 62.5 Å². The number of Topliss-reactive ketones (excluding diaryl/α,β-unsaturated/α-hetero) is 1. The number of rotatable bonds is 20. The molecule has 382 valence electrons. The van der Waals surface area contributed by atoms with Gasteiger partial charge in [-0.05, 0) is 101 Å². The van der Waals surface area contributed by atoms with Crippen molar-refractivity contribution in [1.82, 2.24) is 24.2 Å². The average Bonchev–Trinajstić information content (AvgIpc) is 4.18. The van der Waals surface area contributed by atoms with Crippen molar-refractivity contribution in [1.29, 1.82) is 0 Å². The lowest BCUT2D eigenvalue weighted by Crippen LogP contribution is -2.34. The van der Waals surface area contributed by atoms with Crippen LogP contribution in [0.4, 0.5) is 5.69 Å². The number of aromatic nitrogens is 4. The average molecular weight is 1050 g/mol. The molecule has 6 aromatic carbocycles. The minimum Gasteiger partial charge on any atom is -0.493 e. The number of hydrogen-bond acceptors (Lipinski definition) is 12. The minimum absolute atomic E-state index is 0.111. The zero-order valence-corrected chi connectivity index (χ0v) is 42.8. The number of carbonyl (C=O) groups excluding carboxylic acids is 2. The van der Waals surface area contributed by atoms with Gasteiger partial charge >= 0.3 is 0 Å². The standard InChI is InChI=1S/C58H52Cl2N6O9/c1-64-50-18-13-39(23-41(50)30-62-64)32-65(31-38-7-6-8-44(24-38)72-33-45-34-73-58(75-45,35-66-22-20-61-36-66)48-17-14-42(59)27-49(48)60)21-19-37-11-15-43(16-12-37)63-57(69)47-28-56(71-3)55(70-2)26-40(47)25-52(68)54-29-51(67)46-9-4-5-10-53(46)74-54/h4-18,20,22-24,26-30,36,45H,19,21,25,31-35H2,1-3H3,(H,63,69)/t45-,58-/m1/s1. The molecule has 2 atom stereocenters. The molecule has 0 aliphatic carbocycles. The molecule has 0 saturated carbocycles. The molecular formula is C58H52Cl2N6O9. The lowest BCUT2D eigenvalue weighted by molar-refractivity contribution is -0.189. The second-order valence-corrected chi connectivity index (χ2v) is 19.2. The van der Waals surface area contributed by atoms with E-state index in [-0.39, 0.29) is 36.4 Å². The Bertz CT molecular complexity index is 3580. The highest BCUT2D eigenvalue weighted by atomic mass is 35.5. The number of amides is 1. The summed E-state index contributed by atoms with van der Waals surface area (Å²) >= 11 is 13.0. The van der Waals surface area contributed by atoms with Gasteiger partial charge in [0.15, 0.2) is 22.7 Å². The lowest BCUT2D eigenvalue weighted by atomic mass is 9.99. The summed E-state index contributed by atoms with van der Waals surface area (Å²) in [6.07, 6.45) is 7.21. The summed E-state index contributed by atoms with van der Waals surface area (Å²) in [5, 5.41) is 9.83. The van der Waals surface area contributed by atoms with E-state index in [1.165, 1.54) is 26.4 Å². The van der Waals surface area contributed by atoms with Gasteiger partial charge in [0.2, 0.25) is 11.6 Å². The van der Waals surface area contributed by atoms with Crippen LogP contribution in [-0.4, -0.2) is 76.0 Å². The molecule has 1 amide bonds. The number of carbonyl (C=O) groups is 2. The molecule has 3 aromatic heterocycles. The highest BCUT2D eigenvalue weighted by Crippen LogP contribution is 2.41. The molecule has 0 radical (unpaired) electrons. The van der Waals surface area contributed by atoms with Crippen LogP contribution in [0.1, 0.15) is 48.7 Å². The van der Waals surface area contributed by atoms with Gasteiger partial charge in [-0.2, -0.15) is 5.10 Å². The largest absolute Gasteiger partial charge is 0.493 e. The molecule has 4 heterocycles. The van der Waals surface area contributed by atoms with Crippen molar-refractivity contribution < 1.29 is 37.7 Å². The molecule has 0 bridgehead atoms. The van der Waals surface area contributed by atoms with Gasteiger partial charge in [0.1, 0.15) is 24.0 Å². The van der Waals surface area contributed by atoms with Crippen LogP contribution in [0.25, 0.3) is 21.9 Å². The van der Waals surface area contributed by atoms with Crippen molar-refractivity contribution in [2.75, 3.05) is 39.3 Å². The Balaban J connectivity index is 0.817. The molecule has 9 aromatic rings.